The Balaban J connectivity index is 2.73. The lowest BCUT2D eigenvalue weighted by atomic mass is 10.2. The van der Waals surface area contributed by atoms with Gasteiger partial charge in [-0.1, -0.05) is 0 Å². The number of benzene rings is 2. The lowest BCUT2D eigenvalue weighted by Gasteiger charge is -2.05. The monoisotopic (exact) mass is 342 g/mol. The zero-order valence-corrected chi connectivity index (χ0v) is 10.5. The summed E-state index contributed by atoms with van der Waals surface area (Å²) in [5, 5.41) is 13.8. The molecule has 0 aliphatic heterocycles. The van der Waals surface area contributed by atoms with E-state index < -0.39 is 62.8 Å². The minimum Gasteiger partial charge on any atom is -0.594 e. The van der Waals surface area contributed by atoms with Gasteiger partial charge in [0.05, 0.1) is 0 Å². The minimum atomic E-state index is -2.22. The van der Waals surface area contributed by atoms with Crippen molar-refractivity contribution in [2.24, 2.45) is 5.11 Å². The molecule has 0 spiro atoms. The maximum atomic E-state index is 13.3. The number of hydrogen-bond acceptors (Lipinski definition) is 2. The first-order valence-corrected chi connectivity index (χ1v) is 5.50. The van der Waals surface area contributed by atoms with Crippen molar-refractivity contribution in [2.45, 2.75) is 0 Å². The summed E-state index contributed by atoms with van der Waals surface area (Å²) >= 11 is 0. The molecule has 0 saturated heterocycles. The first-order chi connectivity index (χ1) is 10.6. The summed E-state index contributed by atoms with van der Waals surface area (Å²) < 4.78 is 105. The molecule has 0 aliphatic rings. The number of hydrogen-bond donors (Lipinski definition) is 0. The van der Waals surface area contributed by atoms with Crippen LogP contribution >= 0.6 is 0 Å². The zero-order chi connectivity index (χ0) is 17.5. The van der Waals surface area contributed by atoms with Crippen LogP contribution in [0.1, 0.15) is 0 Å². The van der Waals surface area contributed by atoms with Crippen LogP contribution in [0.15, 0.2) is 17.2 Å². The maximum absolute atomic E-state index is 13.3. The van der Waals surface area contributed by atoms with Crippen molar-refractivity contribution in [3.05, 3.63) is 63.9 Å². The molecule has 0 fully saturated rings. The van der Waals surface area contributed by atoms with Crippen molar-refractivity contribution in [2.75, 3.05) is 0 Å². The predicted molar refractivity (Wildman–Crippen MR) is 57.9 cm³/mol. The van der Waals surface area contributed by atoms with Crippen LogP contribution in [0.3, 0.4) is 0 Å². The first-order valence-electron chi connectivity index (χ1n) is 5.50. The molecule has 2 aromatic rings. The lowest BCUT2D eigenvalue weighted by Crippen LogP contribution is -2.04. The Hall–Kier alpha value is -2.72. The summed E-state index contributed by atoms with van der Waals surface area (Å²) in [5.74, 6) is -16.7. The first kappa shape index (κ1) is 16.6. The summed E-state index contributed by atoms with van der Waals surface area (Å²) in [7, 11) is 0. The molecule has 122 valence electrons. The van der Waals surface area contributed by atoms with Crippen LogP contribution in [0, 0.1) is 51.7 Å². The fourth-order valence-electron chi connectivity index (χ4n) is 1.52. The Labute approximate surface area is 121 Å². The van der Waals surface area contributed by atoms with E-state index in [4.69, 9.17) is 0 Å². The third kappa shape index (κ3) is 2.81. The third-order valence-corrected chi connectivity index (χ3v) is 2.56. The molecule has 2 aromatic carbocycles. The molecule has 0 heterocycles. The highest BCUT2D eigenvalue weighted by molar-refractivity contribution is 5.41. The Morgan fingerprint density at radius 1 is 0.652 bits per heavy atom. The molecule has 0 N–H and O–H groups in total. The Kier molecular flexibility index (Phi) is 4.21. The van der Waals surface area contributed by atoms with Gasteiger partial charge in [0, 0.05) is 17.2 Å². The van der Waals surface area contributed by atoms with Crippen molar-refractivity contribution in [1.29, 1.82) is 0 Å². The van der Waals surface area contributed by atoms with Gasteiger partial charge in [0.25, 0.3) is 0 Å². The molecule has 3 nitrogen and oxygen atoms in total. The molecule has 0 atom stereocenters. The van der Waals surface area contributed by atoms with Gasteiger partial charge in [-0.25, -0.2) is 26.3 Å². The normalized spacial score (nSPS) is 11.9. The fourth-order valence-corrected chi connectivity index (χ4v) is 1.52. The van der Waals surface area contributed by atoms with Crippen LogP contribution in [0.25, 0.3) is 0 Å². The summed E-state index contributed by atoms with van der Waals surface area (Å²) in [4.78, 5) is -1.24. The van der Waals surface area contributed by atoms with E-state index in [9.17, 15) is 40.3 Å². The van der Waals surface area contributed by atoms with Gasteiger partial charge >= 0.3 is 5.69 Å². The topological polar surface area (TPSA) is 38.4 Å². The second-order valence-corrected chi connectivity index (χ2v) is 4.01. The fraction of sp³-hybridized carbons (Fsp3) is 0. The highest BCUT2D eigenvalue weighted by atomic mass is 19.2. The smallest absolute Gasteiger partial charge is 0.321 e. The number of halogens is 8. The number of rotatable bonds is 2. The molecule has 0 aliphatic carbocycles. The van der Waals surface area contributed by atoms with Gasteiger partial charge in [-0.2, -0.15) is 8.78 Å². The van der Waals surface area contributed by atoms with Gasteiger partial charge < -0.3 is 5.21 Å². The molecular weight excluding hydrogens is 340 g/mol. The second kappa shape index (κ2) is 5.82. The molecule has 0 aromatic heterocycles. The summed E-state index contributed by atoms with van der Waals surface area (Å²) in [6.07, 6.45) is 0. The number of azo groups is 1. The number of nitrogens with zero attached hydrogens (tertiary/aromatic N) is 2. The molecule has 11 heteroatoms. The zero-order valence-electron chi connectivity index (χ0n) is 10.5. The maximum Gasteiger partial charge on any atom is 0.321 e. The van der Waals surface area contributed by atoms with Crippen molar-refractivity contribution >= 4 is 11.4 Å². The van der Waals surface area contributed by atoms with E-state index in [0.29, 0.717) is 0 Å². The molecule has 0 radical (unpaired) electrons. The summed E-state index contributed by atoms with van der Waals surface area (Å²) in [6, 6.07) is -0.438. The molecular formula is C12H2F8N2O. The molecule has 0 bridgehead atoms. The quantitative estimate of drug-likeness (QED) is 0.256. The molecule has 23 heavy (non-hydrogen) atoms. The second-order valence-electron chi connectivity index (χ2n) is 4.01. The Morgan fingerprint density at radius 3 is 1.39 bits per heavy atom. The Morgan fingerprint density at radius 2 is 1.00 bits per heavy atom. The van der Waals surface area contributed by atoms with Crippen LogP contribution in [0.2, 0.25) is 0 Å². The van der Waals surface area contributed by atoms with Gasteiger partial charge in [-0.05, 0) is 4.86 Å². The molecule has 0 saturated carbocycles. The van der Waals surface area contributed by atoms with E-state index in [2.05, 4.69) is 5.11 Å². The van der Waals surface area contributed by atoms with Gasteiger partial charge in [-0.15, -0.1) is 0 Å². The van der Waals surface area contributed by atoms with E-state index in [0.717, 1.165) is 0 Å². The van der Waals surface area contributed by atoms with Crippen LogP contribution in [-0.4, -0.2) is 4.86 Å². The molecule has 0 amide bonds. The lowest BCUT2D eigenvalue weighted by molar-refractivity contribution is -0.440. The summed E-state index contributed by atoms with van der Waals surface area (Å²) in [6.45, 7) is 0. The van der Waals surface area contributed by atoms with E-state index in [1.807, 2.05) is 0 Å². The SMILES string of the molecule is [O-][N+](=Nc1c(F)c(F)cc(F)c1F)c1c(F)c(F)cc(F)c1F. The van der Waals surface area contributed by atoms with E-state index in [-0.39, 0.29) is 12.1 Å². The van der Waals surface area contributed by atoms with Crippen LogP contribution < -0.4 is 0 Å². The van der Waals surface area contributed by atoms with Gasteiger partial charge in [0.1, 0.15) is 0 Å². The van der Waals surface area contributed by atoms with E-state index >= 15 is 0 Å². The van der Waals surface area contributed by atoms with Gasteiger partial charge in [0.15, 0.2) is 34.9 Å². The Bertz CT molecular complexity index is 784. The van der Waals surface area contributed by atoms with Crippen LogP contribution in [0.5, 0.6) is 0 Å². The third-order valence-electron chi connectivity index (χ3n) is 2.56. The highest BCUT2D eigenvalue weighted by Gasteiger charge is 2.29. The van der Waals surface area contributed by atoms with E-state index in [1.54, 1.807) is 0 Å². The molecule has 2 rings (SSSR count). The molecule has 0 unspecified atom stereocenters. The van der Waals surface area contributed by atoms with Crippen molar-refractivity contribution < 1.29 is 40.0 Å². The largest absolute Gasteiger partial charge is 0.594 e. The average molecular weight is 342 g/mol. The predicted octanol–water partition coefficient (Wildman–Crippen LogP) is 4.73. The van der Waals surface area contributed by atoms with Crippen molar-refractivity contribution in [3.8, 4) is 0 Å². The van der Waals surface area contributed by atoms with Crippen LogP contribution in [-0.2, 0) is 0 Å². The average Bonchev–Trinajstić information content (AvgIpc) is 2.48. The minimum absolute atomic E-state index is 0.206. The van der Waals surface area contributed by atoms with Gasteiger partial charge in [0.2, 0.25) is 17.3 Å². The summed E-state index contributed by atoms with van der Waals surface area (Å²) in [5.41, 5.74) is -3.87. The van der Waals surface area contributed by atoms with E-state index in [1.165, 1.54) is 0 Å². The standard InChI is InChI=1S/C12H2F8N2O/c13-3-1-4(14)8(18)11(7(3)17)21-22(23)12-9(19)5(15)2-6(16)10(12)20/h1-2H. The van der Waals surface area contributed by atoms with Crippen molar-refractivity contribution in [1.82, 2.24) is 0 Å². The van der Waals surface area contributed by atoms with Crippen LogP contribution in [0.4, 0.5) is 46.5 Å². The highest BCUT2D eigenvalue weighted by Crippen LogP contribution is 2.31. The van der Waals surface area contributed by atoms with Crippen molar-refractivity contribution in [3.63, 3.8) is 0 Å². The van der Waals surface area contributed by atoms with Gasteiger partial charge in [-0.3, -0.25) is 0 Å².